The van der Waals surface area contributed by atoms with Crippen LogP contribution in [0.4, 0.5) is 5.69 Å². The molecule has 1 aliphatic heterocycles. The lowest BCUT2D eigenvalue weighted by Crippen LogP contribution is -2.33. The summed E-state index contributed by atoms with van der Waals surface area (Å²) in [4.78, 5) is 2.37. The van der Waals surface area contributed by atoms with Gasteiger partial charge in [-0.05, 0) is 31.4 Å². The maximum Gasteiger partial charge on any atom is 0.0398 e. The molecule has 1 aromatic rings. The third-order valence-electron chi connectivity index (χ3n) is 2.86. The molecule has 0 spiro atoms. The van der Waals surface area contributed by atoms with E-state index in [4.69, 9.17) is 0 Å². The van der Waals surface area contributed by atoms with Gasteiger partial charge < -0.3 is 4.90 Å². The van der Waals surface area contributed by atoms with Gasteiger partial charge in [0.2, 0.25) is 0 Å². The summed E-state index contributed by atoms with van der Waals surface area (Å²) in [6, 6.07) is 9.39. The molecule has 1 unspecified atom stereocenters. The zero-order valence-electron chi connectivity index (χ0n) is 7.75. The van der Waals surface area contributed by atoms with Crippen molar-refractivity contribution in [3.8, 4) is 0 Å². The number of rotatable bonds is 0. The van der Waals surface area contributed by atoms with Crippen molar-refractivity contribution < 1.29 is 0 Å². The predicted molar refractivity (Wildman–Crippen MR) is 52.6 cm³/mol. The zero-order chi connectivity index (χ0) is 8.55. The van der Waals surface area contributed by atoms with Crippen LogP contribution < -0.4 is 4.90 Å². The highest BCUT2D eigenvalue weighted by molar-refractivity contribution is 5.55. The van der Waals surface area contributed by atoms with Gasteiger partial charge in [0, 0.05) is 18.8 Å². The van der Waals surface area contributed by atoms with E-state index in [-0.39, 0.29) is 0 Å². The number of hydrogen-bond donors (Lipinski definition) is 0. The molecule has 1 aromatic carbocycles. The fraction of sp³-hybridized carbons (Fsp3) is 0.455. The van der Waals surface area contributed by atoms with Crippen LogP contribution in [0.2, 0.25) is 0 Å². The van der Waals surface area contributed by atoms with Gasteiger partial charge >= 0.3 is 0 Å². The maximum absolute atomic E-state index is 2.37. The highest BCUT2D eigenvalue weighted by Crippen LogP contribution is 2.28. The first kappa shape index (κ1) is 7.66. The van der Waals surface area contributed by atoms with Crippen molar-refractivity contribution in [2.24, 2.45) is 0 Å². The maximum atomic E-state index is 2.37. The van der Waals surface area contributed by atoms with Gasteiger partial charge in [0.05, 0.1) is 0 Å². The number of para-hydroxylation sites is 1. The number of aryl methyl sites for hydroxylation is 1. The zero-order valence-corrected chi connectivity index (χ0v) is 7.75. The molecule has 0 amide bonds. The van der Waals surface area contributed by atoms with Crippen LogP contribution in [0.15, 0.2) is 24.3 Å². The Kier molecular flexibility index (Phi) is 1.80. The normalized spacial score (nSPS) is 22.2. The topological polar surface area (TPSA) is 3.24 Å². The van der Waals surface area contributed by atoms with Gasteiger partial charge in [-0.15, -0.1) is 0 Å². The van der Waals surface area contributed by atoms with Crippen LogP contribution in [-0.4, -0.2) is 13.1 Å². The second-order valence-electron chi connectivity index (χ2n) is 3.63. The molecular formula is C11H15N. The van der Waals surface area contributed by atoms with Crippen molar-refractivity contribution in [2.75, 3.05) is 11.9 Å². The van der Waals surface area contributed by atoms with Gasteiger partial charge in [-0.25, -0.2) is 0 Å². The van der Waals surface area contributed by atoms with Crippen molar-refractivity contribution >= 4 is 5.69 Å². The highest BCUT2D eigenvalue weighted by atomic mass is 15.1. The molecule has 0 N–H and O–H groups in total. The first-order valence-electron chi connectivity index (χ1n) is 4.60. The minimum atomic E-state index is 0.694. The van der Waals surface area contributed by atoms with Crippen LogP contribution in [0.25, 0.3) is 0 Å². The summed E-state index contributed by atoms with van der Waals surface area (Å²) >= 11 is 0. The van der Waals surface area contributed by atoms with E-state index in [1.165, 1.54) is 24.1 Å². The van der Waals surface area contributed by atoms with Crippen LogP contribution in [0.1, 0.15) is 18.9 Å². The first-order valence-corrected chi connectivity index (χ1v) is 4.60. The Bertz CT molecular complexity index is 280. The quantitative estimate of drug-likeness (QED) is 0.565. The van der Waals surface area contributed by atoms with Crippen molar-refractivity contribution in [1.29, 1.82) is 0 Å². The van der Waals surface area contributed by atoms with Gasteiger partial charge in [0.15, 0.2) is 0 Å². The minimum Gasteiger partial charge on any atom is -0.372 e. The van der Waals surface area contributed by atoms with E-state index in [2.05, 4.69) is 43.1 Å². The molecule has 0 radical (unpaired) electrons. The van der Waals surface area contributed by atoms with Crippen molar-refractivity contribution in [3.05, 3.63) is 29.8 Å². The lowest BCUT2D eigenvalue weighted by Gasteiger charge is -2.33. The molecule has 1 nitrogen and oxygen atoms in total. The van der Waals surface area contributed by atoms with Gasteiger partial charge in [-0.2, -0.15) is 0 Å². The van der Waals surface area contributed by atoms with Gasteiger partial charge in [0.1, 0.15) is 0 Å². The average molecular weight is 161 g/mol. The Morgan fingerprint density at radius 1 is 1.33 bits per heavy atom. The fourth-order valence-electron chi connectivity index (χ4n) is 1.86. The van der Waals surface area contributed by atoms with Crippen molar-refractivity contribution in [2.45, 2.75) is 25.8 Å². The summed E-state index contributed by atoms with van der Waals surface area (Å²) < 4.78 is 0. The number of hydrogen-bond acceptors (Lipinski definition) is 1. The summed E-state index contributed by atoms with van der Waals surface area (Å²) in [7, 11) is 2.18. The molecule has 12 heavy (non-hydrogen) atoms. The molecule has 0 bridgehead atoms. The molecule has 0 fully saturated rings. The van der Waals surface area contributed by atoms with E-state index in [1.54, 1.807) is 0 Å². The molecule has 1 heterocycles. The summed E-state index contributed by atoms with van der Waals surface area (Å²) in [5, 5.41) is 0. The Labute approximate surface area is 74.0 Å². The molecule has 0 aromatic heterocycles. The largest absolute Gasteiger partial charge is 0.372 e. The van der Waals surface area contributed by atoms with E-state index in [1.807, 2.05) is 0 Å². The molecular weight excluding hydrogens is 146 g/mol. The molecule has 1 aliphatic rings. The average Bonchev–Trinajstić information content (AvgIpc) is 2.12. The Balaban J connectivity index is 2.42. The van der Waals surface area contributed by atoms with Crippen LogP contribution in [0, 0.1) is 0 Å². The van der Waals surface area contributed by atoms with Crippen molar-refractivity contribution in [3.63, 3.8) is 0 Å². The number of fused-ring (bicyclic) bond motifs is 1. The van der Waals surface area contributed by atoms with E-state index in [0.717, 1.165) is 0 Å². The standard InChI is InChI=1S/C11H15N/c1-9-7-8-10-5-3-4-6-11(10)12(9)2/h3-6,9H,7-8H2,1-2H3. The molecule has 2 rings (SSSR count). The molecule has 1 atom stereocenters. The Morgan fingerprint density at radius 2 is 2.08 bits per heavy atom. The van der Waals surface area contributed by atoms with Crippen LogP contribution in [0.5, 0.6) is 0 Å². The number of anilines is 1. The number of nitrogens with zero attached hydrogens (tertiary/aromatic N) is 1. The van der Waals surface area contributed by atoms with Gasteiger partial charge in [-0.1, -0.05) is 18.2 Å². The number of benzene rings is 1. The molecule has 1 heteroatoms. The second kappa shape index (κ2) is 2.81. The minimum absolute atomic E-state index is 0.694. The SMILES string of the molecule is CC1CCc2ccccc2N1C. The Hall–Kier alpha value is -0.980. The first-order chi connectivity index (χ1) is 5.79. The molecule has 0 saturated heterocycles. The second-order valence-corrected chi connectivity index (χ2v) is 3.63. The lowest BCUT2D eigenvalue weighted by atomic mass is 9.97. The van der Waals surface area contributed by atoms with Crippen LogP contribution >= 0.6 is 0 Å². The Morgan fingerprint density at radius 3 is 2.92 bits per heavy atom. The fourth-order valence-corrected chi connectivity index (χ4v) is 1.86. The van der Waals surface area contributed by atoms with Crippen LogP contribution in [0.3, 0.4) is 0 Å². The van der Waals surface area contributed by atoms with Gasteiger partial charge in [0.25, 0.3) is 0 Å². The van der Waals surface area contributed by atoms with Crippen molar-refractivity contribution in [1.82, 2.24) is 0 Å². The molecule has 0 saturated carbocycles. The van der Waals surface area contributed by atoms with E-state index in [0.29, 0.717) is 6.04 Å². The summed E-state index contributed by atoms with van der Waals surface area (Å²) in [6.07, 6.45) is 2.52. The third kappa shape index (κ3) is 1.09. The molecule has 64 valence electrons. The third-order valence-corrected chi connectivity index (χ3v) is 2.86. The van der Waals surface area contributed by atoms with E-state index < -0.39 is 0 Å². The summed E-state index contributed by atoms with van der Waals surface area (Å²) in [5.74, 6) is 0. The van der Waals surface area contributed by atoms with E-state index >= 15 is 0 Å². The predicted octanol–water partition coefficient (Wildman–Crippen LogP) is 2.46. The van der Waals surface area contributed by atoms with Gasteiger partial charge in [-0.3, -0.25) is 0 Å². The van der Waals surface area contributed by atoms with Crippen LogP contribution in [-0.2, 0) is 6.42 Å². The summed E-state index contributed by atoms with van der Waals surface area (Å²) in [6.45, 7) is 2.29. The van der Waals surface area contributed by atoms with E-state index in [9.17, 15) is 0 Å². The monoisotopic (exact) mass is 161 g/mol. The highest BCUT2D eigenvalue weighted by Gasteiger charge is 2.18. The lowest BCUT2D eigenvalue weighted by molar-refractivity contribution is 0.598. The smallest absolute Gasteiger partial charge is 0.0398 e. The summed E-state index contributed by atoms with van der Waals surface area (Å²) in [5.41, 5.74) is 2.91. The molecule has 0 aliphatic carbocycles.